The number of carbonyl (C=O) groups is 2. The number of ketones is 1. The van der Waals surface area contributed by atoms with Gasteiger partial charge < -0.3 is 19.5 Å². The molecule has 0 aliphatic carbocycles. The number of carbonyl (C=O) groups excluding carboxylic acids is 2. The third-order valence-corrected chi connectivity index (χ3v) is 5.51. The van der Waals surface area contributed by atoms with Crippen LogP contribution >= 0.6 is 0 Å². The van der Waals surface area contributed by atoms with Crippen molar-refractivity contribution in [3.8, 4) is 5.75 Å². The van der Waals surface area contributed by atoms with Crippen LogP contribution in [0.1, 0.15) is 43.0 Å². The predicted octanol–water partition coefficient (Wildman–Crippen LogP) is 3.25. The van der Waals surface area contributed by atoms with Crippen molar-refractivity contribution in [1.82, 2.24) is 9.88 Å². The molecule has 1 fully saturated rings. The average molecular weight is 422 g/mol. The summed E-state index contributed by atoms with van der Waals surface area (Å²) in [5.41, 5.74) is 2.20. The average Bonchev–Trinajstić information content (AvgIpc) is 3.03. The number of amides is 1. The van der Waals surface area contributed by atoms with Crippen LogP contribution in [0, 0.1) is 0 Å². The number of aliphatic hydroxyl groups is 1. The SMILES string of the molecule is CC(C)OCCN1C(=O)C(=O)/C(=C(\O)c2ccc3c(c2)CCCO3)C1c1cccnc1. The maximum absolute atomic E-state index is 13.0. The monoisotopic (exact) mass is 422 g/mol. The zero-order valence-corrected chi connectivity index (χ0v) is 17.7. The van der Waals surface area contributed by atoms with E-state index in [9.17, 15) is 14.7 Å². The Kier molecular flexibility index (Phi) is 6.04. The predicted molar refractivity (Wildman–Crippen MR) is 115 cm³/mol. The van der Waals surface area contributed by atoms with Crippen LogP contribution in [-0.2, 0) is 20.7 Å². The highest BCUT2D eigenvalue weighted by atomic mass is 16.5. The van der Waals surface area contributed by atoms with E-state index in [2.05, 4.69) is 4.98 Å². The van der Waals surface area contributed by atoms with Gasteiger partial charge in [0.15, 0.2) is 0 Å². The molecule has 0 saturated carbocycles. The second kappa shape index (κ2) is 8.89. The van der Waals surface area contributed by atoms with E-state index in [0.29, 0.717) is 17.7 Å². The molecular formula is C24H26N2O5. The van der Waals surface area contributed by atoms with E-state index >= 15 is 0 Å². The smallest absolute Gasteiger partial charge is 0.295 e. The van der Waals surface area contributed by atoms with Crippen LogP contribution in [0.4, 0.5) is 0 Å². The quantitative estimate of drug-likeness (QED) is 0.437. The molecule has 1 atom stereocenters. The molecule has 1 aromatic heterocycles. The Bertz CT molecular complexity index is 1020. The lowest BCUT2D eigenvalue weighted by Crippen LogP contribution is -2.33. The standard InChI is InChI=1S/C24H26N2O5/c1-15(2)30-12-10-26-21(18-5-3-9-25-14-18)20(23(28)24(26)29)22(27)17-7-8-19-16(13-17)6-4-11-31-19/h3,5,7-9,13-15,21,27H,4,6,10-12H2,1-2H3/b22-20-. The summed E-state index contributed by atoms with van der Waals surface area (Å²) in [6.07, 6.45) is 4.98. The number of hydrogen-bond acceptors (Lipinski definition) is 6. The van der Waals surface area contributed by atoms with Crippen molar-refractivity contribution in [2.45, 2.75) is 38.8 Å². The van der Waals surface area contributed by atoms with Crippen LogP contribution in [0.2, 0.25) is 0 Å². The molecule has 1 N–H and O–H groups in total. The summed E-state index contributed by atoms with van der Waals surface area (Å²) in [6, 6.07) is 8.17. The minimum Gasteiger partial charge on any atom is -0.507 e. The van der Waals surface area contributed by atoms with Crippen molar-refractivity contribution < 1.29 is 24.2 Å². The molecule has 7 heteroatoms. The van der Waals surface area contributed by atoms with Crippen molar-refractivity contribution in [1.29, 1.82) is 0 Å². The lowest BCUT2D eigenvalue weighted by atomic mass is 9.94. The van der Waals surface area contributed by atoms with Gasteiger partial charge in [0.25, 0.3) is 11.7 Å². The first-order chi connectivity index (χ1) is 15.0. The summed E-state index contributed by atoms with van der Waals surface area (Å²) >= 11 is 0. The molecule has 3 heterocycles. The van der Waals surface area contributed by atoms with Gasteiger partial charge in [-0.1, -0.05) is 6.07 Å². The molecule has 162 valence electrons. The van der Waals surface area contributed by atoms with Gasteiger partial charge in [0.2, 0.25) is 0 Å². The Morgan fingerprint density at radius 1 is 1.32 bits per heavy atom. The molecular weight excluding hydrogens is 396 g/mol. The maximum Gasteiger partial charge on any atom is 0.295 e. The van der Waals surface area contributed by atoms with Gasteiger partial charge in [-0.05, 0) is 62.1 Å². The van der Waals surface area contributed by atoms with Crippen molar-refractivity contribution in [2.75, 3.05) is 19.8 Å². The van der Waals surface area contributed by atoms with E-state index in [-0.39, 0.29) is 30.6 Å². The number of pyridine rings is 1. The molecule has 4 rings (SSSR count). The van der Waals surface area contributed by atoms with Crippen LogP contribution in [0.5, 0.6) is 5.75 Å². The molecule has 1 amide bonds. The van der Waals surface area contributed by atoms with Crippen molar-refractivity contribution >= 4 is 17.4 Å². The lowest BCUT2D eigenvalue weighted by molar-refractivity contribution is -0.140. The van der Waals surface area contributed by atoms with Crippen molar-refractivity contribution in [3.05, 3.63) is 65.0 Å². The van der Waals surface area contributed by atoms with Gasteiger partial charge in [0.05, 0.1) is 30.9 Å². The van der Waals surface area contributed by atoms with Crippen LogP contribution in [0.3, 0.4) is 0 Å². The summed E-state index contributed by atoms with van der Waals surface area (Å²) in [7, 11) is 0. The summed E-state index contributed by atoms with van der Waals surface area (Å²) in [5.74, 6) is -0.750. The van der Waals surface area contributed by atoms with Gasteiger partial charge in [-0.15, -0.1) is 0 Å². The van der Waals surface area contributed by atoms with E-state index in [1.165, 1.54) is 4.90 Å². The molecule has 2 aliphatic rings. The van der Waals surface area contributed by atoms with E-state index in [1.807, 2.05) is 19.9 Å². The van der Waals surface area contributed by atoms with E-state index in [1.54, 1.807) is 36.7 Å². The summed E-state index contributed by atoms with van der Waals surface area (Å²) in [5, 5.41) is 11.2. The number of fused-ring (bicyclic) bond motifs is 1. The summed E-state index contributed by atoms with van der Waals surface area (Å²) in [4.78, 5) is 31.5. The number of hydrogen-bond donors (Lipinski definition) is 1. The molecule has 2 aliphatic heterocycles. The zero-order valence-electron chi connectivity index (χ0n) is 17.7. The molecule has 2 aromatic rings. The Labute approximate surface area is 181 Å². The summed E-state index contributed by atoms with van der Waals surface area (Å²) < 4.78 is 11.2. The molecule has 1 saturated heterocycles. The first kappa shape index (κ1) is 21.1. The molecule has 0 bridgehead atoms. The third-order valence-electron chi connectivity index (χ3n) is 5.51. The van der Waals surface area contributed by atoms with Gasteiger partial charge in [0, 0.05) is 24.5 Å². The molecule has 31 heavy (non-hydrogen) atoms. The van der Waals surface area contributed by atoms with Crippen LogP contribution in [0.15, 0.2) is 48.3 Å². The first-order valence-corrected chi connectivity index (χ1v) is 10.5. The fourth-order valence-electron chi connectivity index (χ4n) is 4.04. The molecule has 1 aromatic carbocycles. The second-order valence-electron chi connectivity index (χ2n) is 7.97. The van der Waals surface area contributed by atoms with Gasteiger partial charge in [-0.25, -0.2) is 0 Å². The van der Waals surface area contributed by atoms with Crippen LogP contribution in [-0.4, -0.2) is 52.5 Å². The lowest BCUT2D eigenvalue weighted by Gasteiger charge is -2.25. The Hall–Kier alpha value is -3.19. The number of aryl methyl sites for hydroxylation is 1. The number of ether oxygens (including phenoxy) is 2. The molecule has 0 radical (unpaired) electrons. The topological polar surface area (TPSA) is 89.0 Å². The van der Waals surface area contributed by atoms with E-state index < -0.39 is 17.7 Å². The summed E-state index contributed by atoms with van der Waals surface area (Å²) in [6.45, 7) is 5.01. The Balaban J connectivity index is 1.76. The van der Waals surface area contributed by atoms with Crippen molar-refractivity contribution in [2.24, 2.45) is 0 Å². The normalized spacial score (nSPS) is 20.1. The highest BCUT2D eigenvalue weighted by molar-refractivity contribution is 6.46. The zero-order chi connectivity index (χ0) is 22.0. The van der Waals surface area contributed by atoms with Crippen LogP contribution < -0.4 is 4.74 Å². The molecule has 1 unspecified atom stereocenters. The van der Waals surface area contributed by atoms with Crippen LogP contribution in [0.25, 0.3) is 5.76 Å². The Morgan fingerprint density at radius 2 is 2.16 bits per heavy atom. The largest absolute Gasteiger partial charge is 0.507 e. The number of likely N-dealkylation sites (tertiary alicyclic amines) is 1. The highest BCUT2D eigenvalue weighted by Crippen LogP contribution is 2.39. The first-order valence-electron chi connectivity index (χ1n) is 10.5. The number of rotatable bonds is 6. The number of aromatic nitrogens is 1. The van der Waals surface area contributed by atoms with E-state index in [0.717, 1.165) is 24.2 Å². The van der Waals surface area contributed by atoms with Crippen molar-refractivity contribution in [3.63, 3.8) is 0 Å². The minimum absolute atomic E-state index is 0.00591. The number of aliphatic hydroxyl groups excluding tert-OH is 1. The van der Waals surface area contributed by atoms with Gasteiger partial charge in [-0.2, -0.15) is 0 Å². The van der Waals surface area contributed by atoms with Gasteiger partial charge >= 0.3 is 0 Å². The third kappa shape index (κ3) is 4.18. The Morgan fingerprint density at radius 3 is 2.90 bits per heavy atom. The van der Waals surface area contributed by atoms with Gasteiger partial charge in [-0.3, -0.25) is 14.6 Å². The van der Waals surface area contributed by atoms with Gasteiger partial charge in [0.1, 0.15) is 11.5 Å². The number of benzene rings is 1. The minimum atomic E-state index is -0.725. The molecule has 0 spiro atoms. The fraction of sp³-hybridized carbons (Fsp3) is 0.375. The number of Topliss-reactive ketones (excluding diaryl/α,β-unsaturated/α-hetero) is 1. The van der Waals surface area contributed by atoms with E-state index in [4.69, 9.17) is 9.47 Å². The second-order valence-corrected chi connectivity index (χ2v) is 7.97. The number of nitrogens with zero attached hydrogens (tertiary/aromatic N) is 2. The maximum atomic E-state index is 13.0. The fourth-order valence-corrected chi connectivity index (χ4v) is 4.04. The highest BCUT2D eigenvalue weighted by Gasteiger charge is 2.46. The molecule has 7 nitrogen and oxygen atoms in total.